The summed E-state index contributed by atoms with van der Waals surface area (Å²) < 4.78 is 0. The second kappa shape index (κ2) is 3.93. The fraction of sp³-hybridized carbons (Fsp3) is 0.286. The third-order valence-corrected chi connectivity index (χ3v) is 2.91. The summed E-state index contributed by atoms with van der Waals surface area (Å²) >= 11 is 0. The molecule has 0 spiro atoms. The highest BCUT2D eigenvalue weighted by Crippen LogP contribution is 2.28. The molecule has 1 aromatic heterocycles. The summed E-state index contributed by atoms with van der Waals surface area (Å²) in [6, 6.07) is 8.66. The van der Waals surface area contributed by atoms with Gasteiger partial charge in [0, 0.05) is 12.4 Å². The Hall–Kier alpha value is -1.50. The Morgan fingerprint density at radius 1 is 1.13 bits per heavy atom. The van der Waals surface area contributed by atoms with Crippen LogP contribution in [0.4, 0.5) is 0 Å². The molecule has 0 aliphatic heterocycles. The number of rotatable bonds is 2. The van der Waals surface area contributed by atoms with Crippen molar-refractivity contribution in [3.63, 3.8) is 0 Å². The van der Waals surface area contributed by atoms with E-state index < -0.39 is 0 Å². The molecular weight excluding hydrogens is 182 g/mol. The van der Waals surface area contributed by atoms with Gasteiger partial charge in [-0.25, -0.2) is 0 Å². The average Bonchev–Trinajstić information content (AvgIpc) is 2.70. The first-order valence-corrected chi connectivity index (χ1v) is 5.43. The van der Waals surface area contributed by atoms with E-state index in [0.717, 1.165) is 0 Å². The highest BCUT2D eigenvalue weighted by molar-refractivity contribution is 5.68. The van der Waals surface area contributed by atoms with Gasteiger partial charge < -0.3 is 4.98 Å². The van der Waals surface area contributed by atoms with Gasteiger partial charge in [-0.1, -0.05) is 32.0 Å². The van der Waals surface area contributed by atoms with Crippen molar-refractivity contribution in [3.8, 4) is 11.1 Å². The van der Waals surface area contributed by atoms with Gasteiger partial charge in [0.15, 0.2) is 0 Å². The molecular formula is C14H17N. The Balaban J connectivity index is 2.54. The molecule has 15 heavy (non-hydrogen) atoms. The van der Waals surface area contributed by atoms with Crippen molar-refractivity contribution >= 4 is 0 Å². The first-order chi connectivity index (χ1) is 7.20. The number of hydrogen-bond acceptors (Lipinski definition) is 0. The Morgan fingerprint density at radius 2 is 1.93 bits per heavy atom. The SMILES string of the molecule is Cc1c(-c2cc[nH]c2)cccc1C(C)C. The van der Waals surface area contributed by atoms with Gasteiger partial charge in [-0.05, 0) is 41.2 Å². The molecule has 2 rings (SSSR count). The number of hydrogen-bond donors (Lipinski definition) is 1. The molecule has 0 unspecified atom stereocenters. The van der Waals surface area contributed by atoms with E-state index in [9.17, 15) is 0 Å². The maximum atomic E-state index is 3.10. The lowest BCUT2D eigenvalue weighted by Gasteiger charge is -2.13. The molecule has 0 radical (unpaired) electrons. The zero-order valence-electron chi connectivity index (χ0n) is 9.54. The predicted octanol–water partition coefficient (Wildman–Crippen LogP) is 4.11. The van der Waals surface area contributed by atoms with Crippen LogP contribution in [0.1, 0.15) is 30.9 Å². The number of nitrogens with one attached hydrogen (secondary N) is 1. The first-order valence-electron chi connectivity index (χ1n) is 5.43. The smallest absolute Gasteiger partial charge is 0.00842 e. The number of H-pyrrole nitrogens is 1. The molecule has 0 saturated heterocycles. The summed E-state index contributed by atoms with van der Waals surface area (Å²) in [5.41, 5.74) is 5.44. The van der Waals surface area contributed by atoms with Crippen LogP contribution in [-0.4, -0.2) is 4.98 Å². The number of aromatic amines is 1. The maximum absolute atomic E-state index is 3.10. The van der Waals surface area contributed by atoms with Crippen LogP contribution >= 0.6 is 0 Å². The molecule has 0 atom stereocenters. The second-order valence-corrected chi connectivity index (χ2v) is 4.27. The molecule has 0 fully saturated rings. The Bertz CT molecular complexity index is 438. The van der Waals surface area contributed by atoms with Gasteiger partial charge in [-0.2, -0.15) is 0 Å². The summed E-state index contributed by atoms with van der Waals surface area (Å²) in [5.74, 6) is 0.587. The van der Waals surface area contributed by atoms with E-state index in [0.29, 0.717) is 5.92 Å². The molecule has 2 aromatic rings. The van der Waals surface area contributed by atoms with Crippen LogP contribution < -0.4 is 0 Å². The van der Waals surface area contributed by atoms with E-state index in [1.807, 2.05) is 12.4 Å². The zero-order valence-corrected chi connectivity index (χ0v) is 9.54. The molecule has 78 valence electrons. The minimum absolute atomic E-state index is 0.587. The van der Waals surface area contributed by atoms with Crippen LogP contribution in [0.2, 0.25) is 0 Å². The van der Waals surface area contributed by atoms with Gasteiger partial charge in [0.2, 0.25) is 0 Å². The van der Waals surface area contributed by atoms with Gasteiger partial charge in [0.05, 0.1) is 0 Å². The Kier molecular flexibility index (Phi) is 2.63. The summed E-state index contributed by atoms with van der Waals surface area (Å²) in [7, 11) is 0. The fourth-order valence-corrected chi connectivity index (χ4v) is 2.08. The molecule has 1 nitrogen and oxygen atoms in total. The van der Waals surface area contributed by atoms with Crippen LogP contribution in [-0.2, 0) is 0 Å². The largest absolute Gasteiger partial charge is 0.367 e. The molecule has 1 N–H and O–H groups in total. The molecule has 0 saturated carbocycles. The van der Waals surface area contributed by atoms with Crippen molar-refractivity contribution in [3.05, 3.63) is 47.8 Å². The van der Waals surface area contributed by atoms with E-state index in [1.54, 1.807) is 0 Å². The highest BCUT2D eigenvalue weighted by atomic mass is 14.6. The monoisotopic (exact) mass is 199 g/mol. The highest BCUT2D eigenvalue weighted by Gasteiger charge is 2.08. The molecule has 0 aliphatic rings. The summed E-state index contributed by atoms with van der Waals surface area (Å²) in [6.07, 6.45) is 4.02. The quantitative estimate of drug-likeness (QED) is 0.749. The minimum atomic E-state index is 0.587. The average molecular weight is 199 g/mol. The third kappa shape index (κ3) is 1.82. The van der Waals surface area contributed by atoms with Crippen LogP contribution in [0, 0.1) is 6.92 Å². The van der Waals surface area contributed by atoms with E-state index in [-0.39, 0.29) is 0 Å². The Morgan fingerprint density at radius 3 is 2.53 bits per heavy atom. The zero-order chi connectivity index (χ0) is 10.8. The predicted molar refractivity (Wildman–Crippen MR) is 65.1 cm³/mol. The van der Waals surface area contributed by atoms with Crippen LogP contribution in [0.25, 0.3) is 11.1 Å². The fourth-order valence-electron chi connectivity index (χ4n) is 2.08. The van der Waals surface area contributed by atoms with Crippen molar-refractivity contribution in [2.24, 2.45) is 0 Å². The van der Waals surface area contributed by atoms with Gasteiger partial charge in [-0.15, -0.1) is 0 Å². The summed E-state index contributed by atoms with van der Waals surface area (Å²) in [6.45, 7) is 6.68. The van der Waals surface area contributed by atoms with Crippen LogP contribution in [0.3, 0.4) is 0 Å². The van der Waals surface area contributed by atoms with E-state index in [2.05, 4.69) is 50.0 Å². The lowest BCUT2D eigenvalue weighted by molar-refractivity contribution is 0.857. The molecule has 0 amide bonds. The van der Waals surface area contributed by atoms with Gasteiger partial charge in [-0.3, -0.25) is 0 Å². The van der Waals surface area contributed by atoms with Crippen molar-refractivity contribution in [1.82, 2.24) is 4.98 Å². The minimum Gasteiger partial charge on any atom is -0.367 e. The van der Waals surface area contributed by atoms with Crippen molar-refractivity contribution in [1.29, 1.82) is 0 Å². The van der Waals surface area contributed by atoms with Crippen molar-refractivity contribution in [2.75, 3.05) is 0 Å². The van der Waals surface area contributed by atoms with E-state index in [4.69, 9.17) is 0 Å². The van der Waals surface area contributed by atoms with Crippen LogP contribution in [0.5, 0.6) is 0 Å². The second-order valence-electron chi connectivity index (χ2n) is 4.27. The topological polar surface area (TPSA) is 15.8 Å². The van der Waals surface area contributed by atoms with Gasteiger partial charge in [0.25, 0.3) is 0 Å². The Labute approximate surface area is 91.2 Å². The molecule has 1 heteroatoms. The lowest BCUT2D eigenvalue weighted by atomic mass is 9.92. The van der Waals surface area contributed by atoms with Crippen molar-refractivity contribution < 1.29 is 0 Å². The van der Waals surface area contributed by atoms with Crippen molar-refractivity contribution in [2.45, 2.75) is 26.7 Å². The molecule has 0 aliphatic carbocycles. The molecule has 1 heterocycles. The first kappa shape index (κ1) is 10.0. The molecule has 1 aromatic carbocycles. The number of benzene rings is 1. The van der Waals surface area contributed by atoms with E-state index >= 15 is 0 Å². The standard InChI is InChI=1S/C14H17N/c1-10(2)13-5-4-6-14(11(13)3)12-7-8-15-9-12/h4-10,15H,1-3H3. The van der Waals surface area contributed by atoms with Crippen LogP contribution in [0.15, 0.2) is 36.7 Å². The van der Waals surface area contributed by atoms with Gasteiger partial charge >= 0.3 is 0 Å². The third-order valence-electron chi connectivity index (χ3n) is 2.91. The summed E-state index contributed by atoms with van der Waals surface area (Å²) in [4.78, 5) is 3.10. The number of aromatic nitrogens is 1. The normalized spacial score (nSPS) is 10.9. The van der Waals surface area contributed by atoms with E-state index in [1.165, 1.54) is 22.3 Å². The lowest BCUT2D eigenvalue weighted by Crippen LogP contribution is -1.93. The summed E-state index contributed by atoms with van der Waals surface area (Å²) in [5, 5.41) is 0. The van der Waals surface area contributed by atoms with Gasteiger partial charge in [0.1, 0.15) is 0 Å². The molecule has 0 bridgehead atoms. The maximum Gasteiger partial charge on any atom is 0.00842 e.